The molecule has 10 heavy (non-hydrogen) atoms. The minimum absolute atomic E-state index is 0.224. The van der Waals surface area contributed by atoms with Crippen molar-refractivity contribution in [3.05, 3.63) is 24.3 Å². The highest BCUT2D eigenvalue weighted by Crippen LogP contribution is 2.28. The van der Waals surface area contributed by atoms with Gasteiger partial charge in [0.1, 0.15) is 0 Å². The molecule has 0 aromatic carbocycles. The van der Waals surface area contributed by atoms with Gasteiger partial charge in [-0.1, -0.05) is 18.7 Å². The zero-order chi connectivity index (χ0) is 7.72. The standard InChI is InChI=1S/C9H14O/c1-6(2)9-5-10-8(4)7(9)3/h8-9H,1,3,5H2,2,4H3. The third-order valence-corrected chi connectivity index (χ3v) is 2.08. The van der Waals surface area contributed by atoms with Gasteiger partial charge in [-0.05, 0) is 19.4 Å². The summed E-state index contributed by atoms with van der Waals surface area (Å²) in [6.07, 6.45) is 0.224. The zero-order valence-electron chi connectivity index (χ0n) is 6.68. The van der Waals surface area contributed by atoms with E-state index in [4.69, 9.17) is 4.74 Å². The van der Waals surface area contributed by atoms with Gasteiger partial charge in [-0.2, -0.15) is 0 Å². The van der Waals surface area contributed by atoms with Crippen LogP contribution in [0.2, 0.25) is 0 Å². The Balaban J connectivity index is 2.66. The quantitative estimate of drug-likeness (QED) is 0.504. The zero-order valence-corrected chi connectivity index (χ0v) is 6.68. The fourth-order valence-corrected chi connectivity index (χ4v) is 1.20. The molecule has 1 nitrogen and oxygen atoms in total. The predicted molar refractivity (Wildman–Crippen MR) is 42.9 cm³/mol. The van der Waals surface area contributed by atoms with Crippen LogP contribution in [0, 0.1) is 5.92 Å². The SMILES string of the molecule is C=C(C)C1COC(C)C1=C. The minimum atomic E-state index is 0.224. The molecule has 1 saturated heterocycles. The minimum Gasteiger partial charge on any atom is -0.373 e. The lowest BCUT2D eigenvalue weighted by Gasteiger charge is -2.08. The van der Waals surface area contributed by atoms with Crippen molar-refractivity contribution in [3.8, 4) is 0 Å². The van der Waals surface area contributed by atoms with Gasteiger partial charge in [-0.25, -0.2) is 0 Å². The Kier molecular flexibility index (Phi) is 1.95. The second kappa shape index (κ2) is 2.59. The summed E-state index contributed by atoms with van der Waals surface area (Å²) in [5.74, 6) is 0.398. The fraction of sp³-hybridized carbons (Fsp3) is 0.556. The van der Waals surface area contributed by atoms with Crippen molar-refractivity contribution in [2.75, 3.05) is 6.61 Å². The van der Waals surface area contributed by atoms with Gasteiger partial charge in [0.25, 0.3) is 0 Å². The molecular weight excluding hydrogens is 124 g/mol. The number of ether oxygens (including phenoxy) is 1. The summed E-state index contributed by atoms with van der Waals surface area (Å²) in [5.41, 5.74) is 2.34. The number of hydrogen-bond donors (Lipinski definition) is 0. The highest BCUT2D eigenvalue weighted by molar-refractivity contribution is 5.21. The van der Waals surface area contributed by atoms with Crippen LogP contribution < -0.4 is 0 Å². The van der Waals surface area contributed by atoms with Crippen molar-refractivity contribution in [1.29, 1.82) is 0 Å². The summed E-state index contributed by atoms with van der Waals surface area (Å²) in [4.78, 5) is 0. The number of hydrogen-bond acceptors (Lipinski definition) is 1. The van der Waals surface area contributed by atoms with E-state index in [1.807, 2.05) is 13.8 Å². The van der Waals surface area contributed by atoms with Crippen LogP contribution in [0.5, 0.6) is 0 Å². The van der Waals surface area contributed by atoms with E-state index in [1.54, 1.807) is 0 Å². The Morgan fingerprint density at radius 1 is 1.70 bits per heavy atom. The van der Waals surface area contributed by atoms with Gasteiger partial charge in [0.2, 0.25) is 0 Å². The molecular formula is C9H14O. The molecule has 1 heterocycles. The molecule has 1 heteroatoms. The topological polar surface area (TPSA) is 9.23 Å². The highest BCUT2D eigenvalue weighted by atomic mass is 16.5. The molecule has 2 atom stereocenters. The Hall–Kier alpha value is -0.560. The first kappa shape index (κ1) is 7.55. The van der Waals surface area contributed by atoms with Gasteiger partial charge >= 0.3 is 0 Å². The van der Waals surface area contributed by atoms with Gasteiger partial charge in [-0.3, -0.25) is 0 Å². The van der Waals surface area contributed by atoms with Crippen molar-refractivity contribution >= 4 is 0 Å². The molecule has 1 fully saturated rings. The van der Waals surface area contributed by atoms with E-state index in [1.165, 1.54) is 5.57 Å². The highest BCUT2D eigenvalue weighted by Gasteiger charge is 2.26. The molecule has 2 unspecified atom stereocenters. The molecule has 0 aliphatic carbocycles. The van der Waals surface area contributed by atoms with Crippen LogP contribution in [0.4, 0.5) is 0 Å². The molecule has 0 saturated carbocycles. The van der Waals surface area contributed by atoms with Crippen molar-refractivity contribution in [2.45, 2.75) is 20.0 Å². The molecule has 1 rings (SSSR count). The Bertz CT molecular complexity index is 170. The molecule has 1 aliphatic heterocycles. The Morgan fingerprint density at radius 2 is 2.30 bits per heavy atom. The number of rotatable bonds is 1. The summed E-state index contributed by atoms with van der Waals surface area (Å²) in [6.45, 7) is 12.7. The van der Waals surface area contributed by atoms with E-state index in [2.05, 4.69) is 13.2 Å². The van der Waals surface area contributed by atoms with E-state index in [0.29, 0.717) is 5.92 Å². The van der Waals surface area contributed by atoms with Crippen LogP contribution in [-0.4, -0.2) is 12.7 Å². The third-order valence-electron chi connectivity index (χ3n) is 2.08. The van der Waals surface area contributed by atoms with Crippen LogP contribution in [0.25, 0.3) is 0 Å². The second-order valence-electron chi connectivity index (χ2n) is 2.95. The maximum Gasteiger partial charge on any atom is 0.0761 e. The Morgan fingerprint density at radius 3 is 2.50 bits per heavy atom. The average molecular weight is 138 g/mol. The lowest BCUT2D eigenvalue weighted by atomic mass is 9.94. The molecule has 0 aromatic heterocycles. The normalized spacial score (nSPS) is 32.8. The predicted octanol–water partition coefficient (Wildman–Crippen LogP) is 2.15. The average Bonchev–Trinajstić information content (AvgIpc) is 2.14. The van der Waals surface area contributed by atoms with E-state index in [0.717, 1.165) is 12.2 Å². The maximum absolute atomic E-state index is 5.38. The van der Waals surface area contributed by atoms with Crippen molar-refractivity contribution < 1.29 is 4.74 Å². The molecule has 0 aromatic rings. The van der Waals surface area contributed by atoms with Crippen LogP contribution in [0.3, 0.4) is 0 Å². The maximum atomic E-state index is 5.38. The van der Waals surface area contributed by atoms with Crippen molar-refractivity contribution in [2.24, 2.45) is 5.92 Å². The monoisotopic (exact) mass is 138 g/mol. The second-order valence-corrected chi connectivity index (χ2v) is 2.95. The molecule has 0 N–H and O–H groups in total. The van der Waals surface area contributed by atoms with Gasteiger partial charge < -0.3 is 4.74 Å². The van der Waals surface area contributed by atoms with Crippen molar-refractivity contribution in [3.63, 3.8) is 0 Å². The van der Waals surface area contributed by atoms with Gasteiger partial charge in [0.05, 0.1) is 12.7 Å². The Labute approximate surface area is 62.4 Å². The van der Waals surface area contributed by atoms with Gasteiger partial charge in [0.15, 0.2) is 0 Å². The van der Waals surface area contributed by atoms with Crippen LogP contribution >= 0.6 is 0 Å². The van der Waals surface area contributed by atoms with E-state index >= 15 is 0 Å². The molecule has 56 valence electrons. The molecule has 0 amide bonds. The summed E-state index contributed by atoms with van der Waals surface area (Å²) in [7, 11) is 0. The third kappa shape index (κ3) is 1.14. The van der Waals surface area contributed by atoms with Gasteiger partial charge in [0, 0.05) is 5.92 Å². The largest absolute Gasteiger partial charge is 0.373 e. The molecule has 1 aliphatic rings. The first-order valence-corrected chi connectivity index (χ1v) is 3.58. The van der Waals surface area contributed by atoms with E-state index in [-0.39, 0.29) is 6.10 Å². The molecule has 0 spiro atoms. The summed E-state index contributed by atoms with van der Waals surface area (Å²) >= 11 is 0. The van der Waals surface area contributed by atoms with Crippen LogP contribution in [0.1, 0.15) is 13.8 Å². The van der Waals surface area contributed by atoms with E-state index in [9.17, 15) is 0 Å². The first-order valence-electron chi connectivity index (χ1n) is 3.58. The lowest BCUT2D eigenvalue weighted by Crippen LogP contribution is -2.03. The molecule has 0 radical (unpaired) electrons. The molecule has 0 bridgehead atoms. The lowest BCUT2D eigenvalue weighted by molar-refractivity contribution is 0.131. The van der Waals surface area contributed by atoms with E-state index < -0.39 is 0 Å². The van der Waals surface area contributed by atoms with Crippen LogP contribution in [0.15, 0.2) is 24.3 Å². The van der Waals surface area contributed by atoms with Crippen LogP contribution in [-0.2, 0) is 4.74 Å². The van der Waals surface area contributed by atoms with Gasteiger partial charge in [-0.15, -0.1) is 0 Å². The smallest absolute Gasteiger partial charge is 0.0761 e. The first-order chi connectivity index (χ1) is 4.63. The summed E-state index contributed by atoms with van der Waals surface area (Å²) in [6, 6.07) is 0. The fourth-order valence-electron chi connectivity index (χ4n) is 1.20. The summed E-state index contributed by atoms with van der Waals surface area (Å²) < 4.78 is 5.38. The summed E-state index contributed by atoms with van der Waals surface area (Å²) in [5, 5.41) is 0. The van der Waals surface area contributed by atoms with Crippen molar-refractivity contribution in [1.82, 2.24) is 0 Å².